The number of hydrogen-bond donors (Lipinski definition) is 1. The Morgan fingerprint density at radius 1 is 1.23 bits per heavy atom. The third kappa shape index (κ3) is 5.93. The molecule has 1 saturated heterocycles. The average Bonchev–Trinajstić information content (AvgIpc) is 2.88. The molecule has 3 aromatic rings. The molecule has 35 heavy (non-hydrogen) atoms. The molecule has 1 N–H and O–H groups in total. The first-order valence-corrected chi connectivity index (χ1v) is 12.6. The van der Waals surface area contributed by atoms with Crippen LogP contribution in [0.3, 0.4) is 0 Å². The number of hydrogen-bond acceptors (Lipinski definition) is 4. The Morgan fingerprint density at radius 3 is 2.66 bits per heavy atom. The van der Waals surface area contributed by atoms with Gasteiger partial charge in [0.25, 0.3) is 0 Å². The summed E-state index contributed by atoms with van der Waals surface area (Å²) in [5, 5.41) is 10.9. The molecule has 0 spiro atoms. The van der Waals surface area contributed by atoms with E-state index in [9.17, 15) is 9.90 Å². The van der Waals surface area contributed by atoms with Crippen LogP contribution in [0, 0.1) is 5.41 Å². The number of aliphatic carboxylic acids is 1. The minimum Gasteiger partial charge on any atom is -0.497 e. The van der Waals surface area contributed by atoms with Crippen molar-refractivity contribution in [2.45, 2.75) is 44.7 Å². The molecule has 5 nitrogen and oxygen atoms in total. The van der Waals surface area contributed by atoms with Crippen LogP contribution >= 0.6 is 11.6 Å². The lowest BCUT2D eigenvalue weighted by Crippen LogP contribution is -2.44. The van der Waals surface area contributed by atoms with Crippen LogP contribution in [-0.4, -0.2) is 47.7 Å². The Balaban J connectivity index is 1.38. The summed E-state index contributed by atoms with van der Waals surface area (Å²) in [4.78, 5) is 18.9. The van der Waals surface area contributed by atoms with Crippen LogP contribution in [0.2, 0.25) is 5.02 Å². The van der Waals surface area contributed by atoms with Crippen molar-refractivity contribution in [3.05, 3.63) is 70.9 Å². The molecule has 4 rings (SSSR count). The fraction of sp³-hybridized carbons (Fsp3) is 0.429. The van der Waals surface area contributed by atoms with E-state index in [0.29, 0.717) is 48.1 Å². The number of nitrogens with zero attached hydrogens (tertiary/aromatic N) is 2. The number of methoxy groups -OCH3 is 1. The number of piperidine rings is 1. The van der Waals surface area contributed by atoms with Gasteiger partial charge in [-0.2, -0.15) is 0 Å². The van der Waals surface area contributed by atoms with Gasteiger partial charge < -0.3 is 14.7 Å². The largest absolute Gasteiger partial charge is 0.497 e. The van der Waals surface area contributed by atoms with E-state index in [1.54, 1.807) is 25.3 Å². The molecule has 0 amide bonds. The second-order valence-corrected chi connectivity index (χ2v) is 9.83. The first-order valence-electron chi connectivity index (χ1n) is 12.2. The van der Waals surface area contributed by atoms with Gasteiger partial charge in [0.2, 0.25) is 0 Å². The van der Waals surface area contributed by atoms with Crippen molar-refractivity contribution in [2.24, 2.45) is 5.41 Å². The molecule has 7 heteroatoms. The molecular formula is C28H32ClFN2O3. The van der Waals surface area contributed by atoms with Gasteiger partial charge in [0.05, 0.1) is 23.1 Å². The van der Waals surface area contributed by atoms with E-state index in [4.69, 9.17) is 16.3 Å². The molecule has 0 bridgehead atoms. The fourth-order valence-electron chi connectivity index (χ4n) is 5.09. The number of rotatable bonds is 10. The smallest absolute Gasteiger partial charge is 0.309 e. The van der Waals surface area contributed by atoms with Crippen molar-refractivity contribution < 1.29 is 19.0 Å². The van der Waals surface area contributed by atoms with Crippen LogP contribution in [-0.2, 0) is 11.2 Å². The minimum absolute atomic E-state index is 0.0936. The fourth-order valence-corrected chi connectivity index (χ4v) is 5.36. The van der Waals surface area contributed by atoms with E-state index in [2.05, 4.69) is 22.0 Å². The lowest BCUT2D eigenvalue weighted by Gasteiger charge is -2.39. The van der Waals surface area contributed by atoms with Crippen molar-refractivity contribution in [2.75, 3.05) is 26.7 Å². The zero-order valence-corrected chi connectivity index (χ0v) is 20.8. The predicted octanol–water partition coefficient (Wildman–Crippen LogP) is 6.49. The van der Waals surface area contributed by atoms with Gasteiger partial charge in [-0.1, -0.05) is 41.9 Å². The molecule has 0 unspecified atom stereocenters. The molecule has 1 atom stereocenters. The highest BCUT2D eigenvalue weighted by Crippen LogP contribution is 2.42. The van der Waals surface area contributed by atoms with Crippen molar-refractivity contribution in [3.63, 3.8) is 0 Å². The van der Waals surface area contributed by atoms with Gasteiger partial charge in [-0.3, -0.25) is 9.78 Å². The Kier molecular flexibility index (Phi) is 8.24. The van der Waals surface area contributed by atoms with Crippen LogP contribution in [0.25, 0.3) is 10.9 Å². The maximum Gasteiger partial charge on any atom is 0.309 e. The zero-order valence-electron chi connectivity index (χ0n) is 20.1. The molecule has 1 fully saturated rings. The summed E-state index contributed by atoms with van der Waals surface area (Å²) in [6, 6.07) is 15.7. The van der Waals surface area contributed by atoms with E-state index in [0.717, 1.165) is 19.4 Å². The second kappa shape index (κ2) is 11.4. The van der Waals surface area contributed by atoms with Crippen LogP contribution < -0.4 is 4.74 Å². The summed E-state index contributed by atoms with van der Waals surface area (Å²) < 4.78 is 20.9. The summed E-state index contributed by atoms with van der Waals surface area (Å²) in [6.45, 7) is 2.37. The van der Waals surface area contributed by atoms with E-state index < -0.39 is 17.6 Å². The quantitative estimate of drug-likeness (QED) is 0.346. The molecule has 1 aliphatic rings. The van der Waals surface area contributed by atoms with Gasteiger partial charge in [-0.25, -0.2) is 4.39 Å². The zero-order chi connectivity index (χ0) is 24.8. The number of pyridine rings is 1. The van der Waals surface area contributed by atoms with Gasteiger partial charge in [-0.05, 0) is 81.9 Å². The number of aromatic nitrogens is 1. The first kappa shape index (κ1) is 25.4. The molecule has 0 saturated carbocycles. The third-order valence-electron chi connectivity index (χ3n) is 7.31. The summed E-state index contributed by atoms with van der Waals surface area (Å²) >= 11 is 6.36. The summed E-state index contributed by atoms with van der Waals surface area (Å²) in [6.07, 6.45) is 3.53. The number of benzene rings is 2. The Bertz CT molecular complexity index is 1150. The summed E-state index contributed by atoms with van der Waals surface area (Å²) in [7, 11) is 1.55. The van der Waals surface area contributed by atoms with Gasteiger partial charge >= 0.3 is 5.97 Å². The second-order valence-electron chi connectivity index (χ2n) is 9.43. The number of carbonyl (C=O) groups is 1. The van der Waals surface area contributed by atoms with Crippen molar-refractivity contribution in [3.8, 4) is 5.75 Å². The van der Waals surface area contributed by atoms with E-state index >= 15 is 4.39 Å². The molecule has 1 aliphatic heterocycles. The van der Waals surface area contributed by atoms with E-state index in [1.807, 2.05) is 18.2 Å². The lowest BCUT2D eigenvalue weighted by atomic mass is 9.74. The van der Waals surface area contributed by atoms with Crippen molar-refractivity contribution in [1.29, 1.82) is 0 Å². The third-order valence-corrected chi connectivity index (χ3v) is 7.61. The maximum atomic E-state index is 15.6. The van der Waals surface area contributed by atoms with Gasteiger partial charge in [0.15, 0.2) is 0 Å². The standard InChI is InChI=1S/C28H32ClFN2O3/c1-35-21-9-10-25-22(18-21)26(23(29)19-31-25)24(30)11-12-28(27(33)34)13-16-32(17-14-28)15-5-8-20-6-3-2-4-7-20/h2-4,6-7,9-10,18-19,24H,5,8,11-17H2,1H3,(H,33,34)/t24-/m0/s1. The lowest BCUT2D eigenvalue weighted by molar-refractivity contribution is -0.153. The number of carboxylic acids is 1. The number of fused-ring (bicyclic) bond motifs is 1. The summed E-state index contributed by atoms with van der Waals surface area (Å²) in [5.41, 5.74) is 1.39. The molecule has 0 radical (unpaired) electrons. The van der Waals surface area contributed by atoms with Gasteiger partial charge in [0.1, 0.15) is 11.9 Å². The van der Waals surface area contributed by atoms with Crippen molar-refractivity contribution in [1.82, 2.24) is 9.88 Å². The number of aryl methyl sites for hydroxylation is 1. The summed E-state index contributed by atoms with van der Waals surface area (Å²) in [5.74, 6) is -0.238. The van der Waals surface area contributed by atoms with E-state index in [1.165, 1.54) is 11.8 Å². The normalized spacial score (nSPS) is 16.8. The Hall–Kier alpha value is -2.70. The maximum absolute atomic E-state index is 15.6. The molecule has 2 heterocycles. The number of alkyl halides is 1. The molecule has 1 aromatic heterocycles. The Morgan fingerprint density at radius 2 is 1.97 bits per heavy atom. The SMILES string of the molecule is COc1ccc2ncc(Cl)c([C@@H](F)CCC3(C(=O)O)CCN(CCCc4ccccc4)CC3)c2c1. The number of carboxylic acid groups (broad SMARTS) is 1. The van der Waals surface area contributed by atoms with Crippen LogP contribution in [0.4, 0.5) is 4.39 Å². The molecule has 186 valence electrons. The number of ether oxygens (including phenoxy) is 1. The molecule has 2 aromatic carbocycles. The monoisotopic (exact) mass is 498 g/mol. The number of halogens is 2. The van der Waals surface area contributed by atoms with E-state index in [-0.39, 0.29) is 17.9 Å². The van der Waals surface area contributed by atoms with Crippen LogP contribution in [0.1, 0.15) is 49.4 Å². The average molecular weight is 499 g/mol. The van der Waals surface area contributed by atoms with Gasteiger partial charge in [-0.15, -0.1) is 0 Å². The highest BCUT2D eigenvalue weighted by molar-refractivity contribution is 6.32. The minimum atomic E-state index is -1.39. The molecule has 0 aliphatic carbocycles. The van der Waals surface area contributed by atoms with Gasteiger partial charge in [0, 0.05) is 17.1 Å². The molecular weight excluding hydrogens is 467 g/mol. The highest BCUT2D eigenvalue weighted by Gasteiger charge is 2.41. The predicted molar refractivity (Wildman–Crippen MR) is 137 cm³/mol. The highest BCUT2D eigenvalue weighted by atomic mass is 35.5. The number of likely N-dealkylation sites (tertiary alicyclic amines) is 1. The van der Waals surface area contributed by atoms with Crippen LogP contribution in [0.5, 0.6) is 5.75 Å². The van der Waals surface area contributed by atoms with Crippen molar-refractivity contribution >= 4 is 28.5 Å². The first-order chi connectivity index (χ1) is 16.9. The Labute approximate surface area is 210 Å². The topological polar surface area (TPSA) is 62.7 Å². The van der Waals surface area contributed by atoms with Crippen LogP contribution in [0.15, 0.2) is 54.7 Å².